The van der Waals surface area contributed by atoms with Gasteiger partial charge >= 0.3 is 6.03 Å². The molecule has 33 heavy (non-hydrogen) atoms. The number of fused-ring (bicyclic) bond motifs is 1. The van der Waals surface area contributed by atoms with Crippen LogP contribution in [-0.4, -0.2) is 65.5 Å². The SMILES string of the molecule is CCn1ncc(-c2nc3c(O[C@H]4CCN(C(=O)NC5CCCCC5)C4)ncnc3n2C)c1C. The minimum atomic E-state index is -0.116. The molecule has 2 aliphatic rings. The largest absolute Gasteiger partial charge is 0.471 e. The molecule has 1 saturated carbocycles. The lowest BCUT2D eigenvalue weighted by atomic mass is 9.96. The van der Waals surface area contributed by atoms with Gasteiger partial charge in [0.2, 0.25) is 5.88 Å². The predicted molar refractivity (Wildman–Crippen MR) is 124 cm³/mol. The summed E-state index contributed by atoms with van der Waals surface area (Å²) in [7, 11) is 1.94. The van der Waals surface area contributed by atoms with E-state index in [0.29, 0.717) is 36.2 Å². The summed E-state index contributed by atoms with van der Waals surface area (Å²) in [5.74, 6) is 1.24. The highest BCUT2D eigenvalue weighted by atomic mass is 16.5. The van der Waals surface area contributed by atoms with Gasteiger partial charge in [-0.05, 0) is 26.7 Å². The van der Waals surface area contributed by atoms with Crippen molar-refractivity contribution in [2.75, 3.05) is 13.1 Å². The van der Waals surface area contributed by atoms with E-state index in [2.05, 4.69) is 27.3 Å². The fraction of sp³-hybridized carbons (Fsp3) is 0.609. The fourth-order valence-electron chi connectivity index (χ4n) is 4.97. The van der Waals surface area contributed by atoms with E-state index in [9.17, 15) is 4.79 Å². The van der Waals surface area contributed by atoms with Gasteiger partial charge in [-0.2, -0.15) is 10.1 Å². The molecule has 1 saturated heterocycles. The van der Waals surface area contributed by atoms with Crippen LogP contribution >= 0.6 is 0 Å². The lowest BCUT2D eigenvalue weighted by Crippen LogP contribution is -2.45. The number of nitrogens with zero attached hydrogens (tertiary/aromatic N) is 7. The Morgan fingerprint density at radius 2 is 2.03 bits per heavy atom. The van der Waals surface area contributed by atoms with Crippen molar-refractivity contribution in [1.82, 2.24) is 39.5 Å². The van der Waals surface area contributed by atoms with Crippen LogP contribution < -0.4 is 10.1 Å². The van der Waals surface area contributed by atoms with E-state index in [1.807, 2.05) is 34.3 Å². The van der Waals surface area contributed by atoms with Crippen molar-refractivity contribution in [3.05, 3.63) is 18.2 Å². The van der Waals surface area contributed by atoms with Crippen LogP contribution in [0.3, 0.4) is 0 Å². The third kappa shape index (κ3) is 4.14. The second-order valence-electron chi connectivity index (χ2n) is 9.06. The summed E-state index contributed by atoms with van der Waals surface area (Å²) in [5.41, 5.74) is 3.36. The molecule has 0 radical (unpaired) electrons. The Labute approximate surface area is 193 Å². The molecule has 10 nitrogen and oxygen atoms in total. The summed E-state index contributed by atoms with van der Waals surface area (Å²) >= 11 is 0. The normalized spacial score (nSPS) is 19.4. The molecule has 0 bridgehead atoms. The van der Waals surface area contributed by atoms with E-state index in [4.69, 9.17) is 9.72 Å². The highest BCUT2D eigenvalue weighted by Gasteiger charge is 2.30. The molecule has 1 N–H and O–H groups in total. The van der Waals surface area contributed by atoms with Crippen molar-refractivity contribution in [2.24, 2.45) is 7.05 Å². The Bertz CT molecular complexity index is 1150. The minimum absolute atomic E-state index is 0.0179. The third-order valence-electron chi connectivity index (χ3n) is 6.91. The second kappa shape index (κ2) is 8.99. The standard InChI is InChI=1S/C23H32N8O2/c1-4-31-15(2)18(12-26-31)20-28-19-21(29(20)3)24-14-25-22(19)33-17-10-11-30(13-17)23(32)27-16-8-6-5-7-9-16/h12,14,16-17H,4-11,13H2,1-3H3,(H,27,32)/t17-/m0/s1. The van der Waals surface area contributed by atoms with Crippen LogP contribution in [0.5, 0.6) is 5.88 Å². The number of carbonyl (C=O) groups excluding carboxylic acids is 1. The van der Waals surface area contributed by atoms with Crippen LogP contribution in [0, 0.1) is 6.92 Å². The van der Waals surface area contributed by atoms with Crippen LogP contribution in [0.4, 0.5) is 4.79 Å². The number of nitrogens with one attached hydrogen (secondary N) is 1. The fourth-order valence-corrected chi connectivity index (χ4v) is 4.97. The van der Waals surface area contributed by atoms with Crippen LogP contribution in [0.25, 0.3) is 22.6 Å². The minimum Gasteiger partial charge on any atom is -0.471 e. The van der Waals surface area contributed by atoms with E-state index in [1.165, 1.54) is 25.6 Å². The molecular weight excluding hydrogens is 420 g/mol. The van der Waals surface area contributed by atoms with Gasteiger partial charge in [-0.25, -0.2) is 14.8 Å². The first-order valence-corrected chi connectivity index (χ1v) is 12.0. The summed E-state index contributed by atoms with van der Waals surface area (Å²) < 4.78 is 10.1. The van der Waals surface area contributed by atoms with E-state index in [0.717, 1.165) is 42.9 Å². The molecule has 176 valence electrons. The van der Waals surface area contributed by atoms with E-state index in [-0.39, 0.29) is 12.1 Å². The molecule has 5 rings (SSSR count). The van der Waals surface area contributed by atoms with Gasteiger partial charge in [0.05, 0.1) is 18.3 Å². The van der Waals surface area contributed by atoms with Crippen molar-refractivity contribution in [3.63, 3.8) is 0 Å². The van der Waals surface area contributed by atoms with Crippen molar-refractivity contribution in [3.8, 4) is 17.3 Å². The van der Waals surface area contributed by atoms with Gasteiger partial charge in [0.25, 0.3) is 0 Å². The predicted octanol–water partition coefficient (Wildman–Crippen LogP) is 3.05. The van der Waals surface area contributed by atoms with Crippen LogP contribution in [-0.2, 0) is 13.6 Å². The zero-order valence-corrected chi connectivity index (χ0v) is 19.6. The zero-order chi connectivity index (χ0) is 22.9. The third-order valence-corrected chi connectivity index (χ3v) is 6.91. The van der Waals surface area contributed by atoms with E-state index < -0.39 is 0 Å². The molecule has 1 aliphatic carbocycles. The number of hydrogen-bond acceptors (Lipinski definition) is 6. The molecule has 2 fully saturated rings. The van der Waals surface area contributed by atoms with Gasteiger partial charge in [0, 0.05) is 38.3 Å². The summed E-state index contributed by atoms with van der Waals surface area (Å²) in [6.45, 7) is 6.14. The first-order chi connectivity index (χ1) is 16.0. The number of aromatic nitrogens is 6. The van der Waals surface area contributed by atoms with Crippen LogP contribution in [0.1, 0.15) is 51.1 Å². The number of carbonyl (C=O) groups is 1. The summed E-state index contributed by atoms with van der Waals surface area (Å²) in [4.78, 5) is 28.2. The van der Waals surface area contributed by atoms with E-state index in [1.54, 1.807) is 0 Å². The quantitative estimate of drug-likeness (QED) is 0.638. The summed E-state index contributed by atoms with van der Waals surface area (Å²) in [5, 5.41) is 7.64. The van der Waals surface area contributed by atoms with Gasteiger partial charge in [-0.3, -0.25) is 4.68 Å². The Kier molecular flexibility index (Phi) is 5.90. The molecule has 3 aromatic heterocycles. The Balaban J connectivity index is 1.31. The number of hydrogen-bond donors (Lipinski definition) is 1. The monoisotopic (exact) mass is 452 g/mol. The Morgan fingerprint density at radius 3 is 2.79 bits per heavy atom. The maximum absolute atomic E-state index is 12.7. The van der Waals surface area contributed by atoms with Crippen molar-refractivity contribution < 1.29 is 9.53 Å². The topological polar surface area (TPSA) is 103 Å². The zero-order valence-electron chi connectivity index (χ0n) is 19.6. The molecule has 4 heterocycles. The first-order valence-electron chi connectivity index (χ1n) is 12.0. The lowest BCUT2D eigenvalue weighted by Gasteiger charge is -2.26. The first kappa shape index (κ1) is 21.7. The number of ether oxygens (including phenoxy) is 1. The highest BCUT2D eigenvalue weighted by molar-refractivity contribution is 5.81. The van der Waals surface area contributed by atoms with Gasteiger partial charge in [0.1, 0.15) is 18.3 Å². The van der Waals surface area contributed by atoms with Gasteiger partial charge in [-0.1, -0.05) is 19.3 Å². The second-order valence-corrected chi connectivity index (χ2v) is 9.06. The lowest BCUT2D eigenvalue weighted by molar-refractivity contribution is 0.180. The smallest absolute Gasteiger partial charge is 0.317 e. The van der Waals surface area contributed by atoms with E-state index >= 15 is 0 Å². The van der Waals surface area contributed by atoms with Gasteiger partial charge < -0.3 is 19.5 Å². The number of urea groups is 1. The molecule has 0 aromatic carbocycles. The summed E-state index contributed by atoms with van der Waals surface area (Å²) in [6, 6.07) is 0.324. The Hall–Kier alpha value is -3.17. The van der Waals surface area contributed by atoms with Crippen molar-refractivity contribution in [2.45, 2.75) is 71.1 Å². The molecule has 2 amide bonds. The molecule has 3 aromatic rings. The highest BCUT2D eigenvalue weighted by Crippen LogP contribution is 2.30. The number of imidazole rings is 1. The van der Waals surface area contributed by atoms with Gasteiger partial charge in [-0.15, -0.1) is 0 Å². The maximum Gasteiger partial charge on any atom is 0.317 e. The number of likely N-dealkylation sites (tertiary alicyclic amines) is 1. The molecule has 0 spiro atoms. The Morgan fingerprint density at radius 1 is 1.21 bits per heavy atom. The van der Waals surface area contributed by atoms with Crippen LogP contribution in [0.15, 0.2) is 12.5 Å². The molecule has 1 aliphatic heterocycles. The van der Waals surface area contributed by atoms with Crippen LogP contribution in [0.2, 0.25) is 0 Å². The maximum atomic E-state index is 12.7. The number of aryl methyl sites for hydroxylation is 2. The molecular formula is C23H32N8O2. The number of amides is 2. The van der Waals surface area contributed by atoms with Gasteiger partial charge in [0.15, 0.2) is 11.2 Å². The summed E-state index contributed by atoms with van der Waals surface area (Å²) in [6.07, 6.45) is 9.84. The average molecular weight is 453 g/mol. The molecule has 10 heteroatoms. The van der Waals surface area contributed by atoms with Crippen molar-refractivity contribution >= 4 is 17.2 Å². The molecule has 0 unspecified atom stereocenters. The number of rotatable bonds is 5. The molecule has 1 atom stereocenters. The average Bonchev–Trinajstić information content (AvgIpc) is 3.53. The van der Waals surface area contributed by atoms with Crippen molar-refractivity contribution in [1.29, 1.82) is 0 Å².